The smallest absolute Gasteiger partial charge is 0.262 e. The van der Waals surface area contributed by atoms with Gasteiger partial charge in [-0.2, -0.15) is 0 Å². The summed E-state index contributed by atoms with van der Waals surface area (Å²) in [7, 11) is 0. The van der Waals surface area contributed by atoms with E-state index in [0.29, 0.717) is 5.75 Å². The molecular formula is C15H14BrNO2S. The van der Waals surface area contributed by atoms with Gasteiger partial charge in [-0.05, 0) is 36.6 Å². The molecule has 0 aromatic heterocycles. The highest BCUT2D eigenvalue weighted by atomic mass is 79.9. The first-order valence-electron chi connectivity index (χ1n) is 6.00. The van der Waals surface area contributed by atoms with Gasteiger partial charge in [0.05, 0.1) is 5.69 Å². The summed E-state index contributed by atoms with van der Waals surface area (Å²) in [6, 6.07) is 15.1. The number of rotatable bonds is 5. The maximum atomic E-state index is 11.9. The minimum absolute atomic E-state index is 0.0147. The zero-order chi connectivity index (χ0) is 14.4. The van der Waals surface area contributed by atoms with Gasteiger partial charge in [0, 0.05) is 9.37 Å². The summed E-state index contributed by atoms with van der Waals surface area (Å²) < 4.78 is 6.37. The normalized spacial score (nSPS) is 10.1. The standard InChI is InChI=1S/C15H14BrNO2S/c1-20-14-8-3-2-7-13(14)17-15(18)10-19-12-6-4-5-11(16)9-12/h2-9H,10H2,1H3,(H,17,18). The molecule has 0 aliphatic carbocycles. The largest absolute Gasteiger partial charge is 0.484 e. The van der Waals surface area contributed by atoms with Crippen molar-refractivity contribution in [1.29, 1.82) is 0 Å². The molecule has 0 aliphatic heterocycles. The second-order valence-corrected chi connectivity index (χ2v) is 5.76. The number of ether oxygens (including phenoxy) is 1. The summed E-state index contributed by atoms with van der Waals surface area (Å²) >= 11 is 4.95. The minimum Gasteiger partial charge on any atom is -0.484 e. The van der Waals surface area contributed by atoms with Gasteiger partial charge in [-0.1, -0.05) is 34.1 Å². The molecule has 20 heavy (non-hydrogen) atoms. The molecule has 0 radical (unpaired) electrons. The molecule has 0 saturated carbocycles. The molecule has 0 fully saturated rings. The Hall–Kier alpha value is -1.46. The van der Waals surface area contributed by atoms with Crippen molar-refractivity contribution in [1.82, 2.24) is 0 Å². The van der Waals surface area contributed by atoms with Crippen LogP contribution in [-0.2, 0) is 4.79 Å². The lowest BCUT2D eigenvalue weighted by Gasteiger charge is -2.10. The number of para-hydroxylation sites is 1. The monoisotopic (exact) mass is 351 g/mol. The summed E-state index contributed by atoms with van der Waals surface area (Å²) in [6.45, 7) is -0.0147. The number of carbonyl (C=O) groups is 1. The number of nitrogens with one attached hydrogen (secondary N) is 1. The molecule has 2 aromatic rings. The first kappa shape index (κ1) is 14.9. The molecule has 5 heteroatoms. The number of hydrogen-bond acceptors (Lipinski definition) is 3. The van der Waals surface area contributed by atoms with E-state index in [1.807, 2.05) is 54.8 Å². The van der Waals surface area contributed by atoms with Gasteiger partial charge >= 0.3 is 0 Å². The van der Waals surface area contributed by atoms with Crippen molar-refractivity contribution in [2.45, 2.75) is 4.90 Å². The van der Waals surface area contributed by atoms with Crippen LogP contribution in [-0.4, -0.2) is 18.8 Å². The highest BCUT2D eigenvalue weighted by Gasteiger charge is 2.07. The van der Waals surface area contributed by atoms with E-state index in [9.17, 15) is 4.79 Å². The van der Waals surface area contributed by atoms with Crippen molar-refractivity contribution in [3.05, 3.63) is 53.0 Å². The van der Waals surface area contributed by atoms with E-state index >= 15 is 0 Å². The summed E-state index contributed by atoms with van der Waals surface area (Å²) in [5.74, 6) is 0.485. The number of anilines is 1. The van der Waals surface area contributed by atoms with Gasteiger partial charge in [0.25, 0.3) is 5.91 Å². The Morgan fingerprint density at radius 2 is 2.05 bits per heavy atom. The number of amides is 1. The molecule has 0 heterocycles. The molecule has 0 saturated heterocycles. The van der Waals surface area contributed by atoms with Crippen molar-refractivity contribution in [3.63, 3.8) is 0 Å². The number of carbonyl (C=O) groups excluding carboxylic acids is 1. The van der Waals surface area contributed by atoms with Gasteiger partial charge < -0.3 is 10.1 Å². The predicted octanol–water partition coefficient (Wildman–Crippen LogP) is 4.19. The maximum absolute atomic E-state index is 11.9. The Balaban J connectivity index is 1.93. The SMILES string of the molecule is CSc1ccccc1NC(=O)COc1cccc(Br)c1. The van der Waals surface area contributed by atoms with Gasteiger partial charge in [-0.15, -0.1) is 11.8 Å². The van der Waals surface area contributed by atoms with Crippen LogP contribution in [0.1, 0.15) is 0 Å². The van der Waals surface area contributed by atoms with Crippen LogP contribution in [0, 0.1) is 0 Å². The average Bonchev–Trinajstić information content (AvgIpc) is 2.46. The van der Waals surface area contributed by atoms with E-state index in [1.54, 1.807) is 11.8 Å². The molecule has 2 rings (SSSR count). The minimum atomic E-state index is -0.175. The number of hydrogen-bond donors (Lipinski definition) is 1. The second kappa shape index (κ2) is 7.36. The molecule has 2 aromatic carbocycles. The van der Waals surface area contributed by atoms with Crippen molar-refractivity contribution in [2.75, 3.05) is 18.2 Å². The zero-order valence-electron chi connectivity index (χ0n) is 10.9. The first-order chi connectivity index (χ1) is 9.69. The lowest BCUT2D eigenvalue weighted by Crippen LogP contribution is -2.20. The predicted molar refractivity (Wildman–Crippen MR) is 86.5 cm³/mol. The van der Waals surface area contributed by atoms with Crippen molar-refractivity contribution in [2.24, 2.45) is 0 Å². The van der Waals surface area contributed by atoms with E-state index in [-0.39, 0.29) is 12.5 Å². The highest BCUT2D eigenvalue weighted by molar-refractivity contribution is 9.10. The van der Waals surface area contributed by atoms with Crippen LogP contribution in [0.2, 0.25) is 0 Å². The maximum Gasteiger partial charge on any atom is 0.262 e. The van der Waals surface area contributed by atoms with Crippen molar-refractivity contribution in [3.8, 4) is 5.75 Å². The van der Waals surface area contributed by atoms with E-state index in [1.165, 1.54) is 0 Å². The third kappa shape index (κ3) is 4.28. The fourth-order valence-electron chi connectivity index (χ4n) is 1.64. The van der Waals surface area contributed by atoms with Crippen LogP contribution in [0.4, 0.5) is 5.69 Å². The topological polar surface area (TPSA) is 38.3 Å². The lowest BCUT2D eigenvalue weighted by atomic mass is 10.3. The summed E-state index contributed by atoms with van der Waals surface area (Å²) in [4.78, 5) is 12.9. The third-order valence-corrected chi connectivity index (χ3v) is 3.84. The molecule has 1 amide bonds. The second-order valence-electron chi connectivity index (χ2n) is 3.99. The molecule has 0 atom stereocenters. The van der Waals surface area contributed by atoms with E-state index in [0.717, 1.165) is 15.1 Å². The van der Waals surface area contributed by atoms with Crippen LogP contribution in [0.5, 0.6) is 5.75 Å². The molecule has 1 N–H and O–H groups in total. The van der Waals surface area contributed by atoms with Gasteiger partial charge in [0.15, 0.2) is 6.61 Å². The number of benzene rings is 2. The highest BCUT2D eigenvalue weighted by Crippen LogP contribution is 2.24. The molecular weight excluding hydrogens is 338 g/mol. The number of thioether (sulfide) groups is 1. The van der Waals surface area contributed by atoms with Crippen LogP contribution in [0.3, 0.4) is 0 Å². The van der Waals surface area contributed by atoms with E-state index < -0.39 is 0 Å². The van der Waals surface area contributed by atoms with Crippen LogP contribution >= 0.6 is 27.7 Å². The van der Waals surface area contributed by atoms with E-state index in [2.05, 4.69) is 21.2 Å². The molecule has 0 aliphatic rings. The Labute approximate surface area is 130 Å². The molecule has 104 valence electrons. The quantitative estimate of drug-likeness (QED) is 0.820. The van der Waals surface area contributed by atoms with Gasteiger partial charge in [-0.25, -0.2) is 0 Å². The first-order valence-corrected chi connectivity index (χ1v) is 8.02. The zero-order valence-corrected chi connectivity index (χ0v) is 13.3. The van der Waals surface area contributed by atoms with Gasteiger partial charge in [-0.3, -0.25) is 4.79 Å². The summed E-state index contributed by atoms with van der Waals surface area (Å²) in [5, 5.41) is 2.85. The Morgan fingerprint density at radius 1 is 1.25 bits per heavy atom. The summed E-state index contributed by atoms with van der Waals surface area (Å²) in [6.07, 6.45) is 1.98. The third-order valence-electron chi connectivity index (χ3n) is 2.55. The summed E-state index contributed by atoms with van der Waals surface area (Å²) in [5.41, 5.74) is 0.808. The van der Waals surface area contributed by atoms with Crippen LogP contribution in [0.15, 0.2) is 57.9 Å². The van der Waals surface area contributed by atoms with Crippen LogP contribution in [0.25, 0.3) is 0 Å². The van der Waals surface area contributed by atoms with E-state index in [4.69, 9.17) is 4.74 Å². The van der Waals surface area contributed by atoms with Crippen LogP contribution < -0.4 is 10.1 Å². The molecule has 3 nitrogen and oxygen atoms in total. The van der Waals surface area contributed by atoms with Gasteiger partial charge in [0.2, 0.25) is 0 Å². The molecule has 0 bridgehead atoms. The Morgan fingerprint density at radius 3 is 2.80 bits per heavy atom. The van der Waals surface area contributed by atoms with Gasteiger partial charge in [0.1, 0.15) is 5.75 Å². The average molecular weight is 352 g/mol. The fourth-order valence-corrected chi connectivity index (χ4v) is 2.57. The Kier molecular flexibility index (Phi) is 5.49. The Bertz CT molecular complexity index is 604. The molecule has 0 spiro atoms. The lowest BCUT2D eigenvalue weighted by molar-refractivity contribution is -0.118. The van der Waals surface area contributed by atoms with Crippen molar-refractivity contribution >= 4 is 39.3 Å². The van der Waals surface area contributed by atoms with Crippen molar-refractivity contribution < 1.29 is 9.53 Å². The fraction of sp³-hybridized carbons (Fsp3) is 0.133. The number of halogens is 1. The molecule has 0 unspecified atom stereocenters.